The van der Waals surface area contributed by atoms with E-state index in [-0.39, 0.29) is 0 Å². The zero-order chi connectivity index (χ0) is 12.1. The predicted molar refractivity (Wildman–Crippen MR) is 66.8 cm³/mol. The first-order valence-corrected chi connectivity index (χ1v) is 6.28. The van der Waals surface area contributed by atoms with E-state index in [1.165, 1.54) is 5.56 Å². The highest BCUT2D eigenvalue weighted by molar-refractivity contribution is 5.12. The molecule has 1 N–H and O–H groups in total. The summed E-state index contributed by atoms with van der Waals surface area (Å²) >= 11 is 0. The molecule has 2 heterocycles. The van der Waals surface area contributed by atoms with Crippen molar-refractivity contribution in [2.45, 2.75) is 32.0 Å². The summed E-state index contributed by atoms with van der Waals surface area (Å²) in [5, 5.41) is 3.12. The molecule has 4 nitrogen and oxygen atoms in total. The normalized spacial score (nSPS) is 17.8. The Hall–Kier alpha value is -0.840. The highest BCUT2D eigenvalue weighted by atomic mass is 16.5. The van der Waals surface area contributed by atoms with Crippen molar-refractivity contribution in [2.24, 2.45) is 0 Å². The first-order chi connectivity index (χ1) is 8.29. The van der Waals surface area contributed by atoms with Gasteiger partial charge in [0, 0.05) is 31.4 Å². The molecule has 0 bridgehead atoms. The van der Waals surface area contributed by atoms with E-state index in [1.54, 1.807) is 0 Å². The van der Waals surface area contributed by atoms with Gasteiger partial charge in [-0.15, -0.1) is 0 Å². The van der Waals surface area contributed by atoms with E-state index in [0.717, 1.165) is 44.9 Å². The quantitative estimate of drug-likeness (QED) is 0.845. The van der Waals surface area contributed by atoms with Crippen molar-refractivity contribution >= 4 is 0 Å². The van der Waals surface area contributed by atoms with Gasteiger partial charge in [-0.25, -0.2) is 0 Å². The molecule has 0 saturated carbocycles. The number of hydrogen-bond acceptors (Lipinski definition) is 4. The lowest BCUT2D eigenvalue weighted by molar-refractivity contribution is 0.0387. The standard InChI is InChI=1S/C13H22N2O2/c1-14-8-11-7-13(17-10-11)9-15(2)12-3-5-16-6-4-12/h7,10,12,14H,3-6,8-9H2,1-2H3. The Kier molecular flexibility index (Phi) is 4.59. The molecule has 0 spiro atoms. The lowest BCUT2D eigenvalue weighted by Crippen LogP contribution is -2.36. The van der Waals surface area contributed by atoms with Crippen LogP contribution in [0.3, 0.4) is 0 Å². The van der Waals surface area contributed by atoms with Crippen molar-refractivity contribution in [1.82, 2.24) is 10.2 Å². The molecule has 1 fully saturated rings. The number of hydrogen-bond donors (Lipinski definition) is 1. The highest BCUT2D eigenvalue weighted by Crippen LogP contribution is 2.17. The van der Waals surface area contributed by atoms with Gasteiger partial charge in [0.25, 0.3) is 0 Å². The van der Waals surface area contributed by atoms with E-state index in [1.807, 2.05) is 13.3 Å². The second-order valence-electron chi connectivity index (χ2n) is 4.71. The third-order valence-electron chi connectivity index (χ3n) is 3.31. The minimum absolute atomic E-state index is 0.626. The Balaban J connectivity index is 1.85. The summed E-state index contributed by atoms with van der Waals surface area (Å²) in [6, 6.07) is 2.76. The molecule has 17 heavy (non-hydrogen) atoms. The molecule has 1 aliphatic heterocycles. The molecule has 0 amide bonds. The van der Waals surface area contributed by atoms with Crippen LogP contribution in [0.2, 0.25) is 0 Å². The minimum Gasteiger partial charge on any atom is -0.468 e. The summed E-state index contributed by atoms with van der Waals surface area (Å²) in [7, 11) is 4.11. The topological polar surface area (TPSA) is 37.6 Å². The lowest BCUT2D eigenvalue weighted by atomic mass is 10.1. The van der Waals surface area contributed by atoms with Crippen molar-refractivity contribution in [2.75, 3.05) is 27.3 Å². The largest absolute Gasteiger partial charge is 0.468 e. The van der Waals surface area contributed by atoms with Crippen LogP contribution < -0.4 is 5.32 Å². The first kappa shape index (κ1) is 12.6. The van der Waals surface area contributed by atoms with Gasteiger partial charge in [0.1, 0.15) is 5.76 Å². The van der Waals surface area contributed by atoms with Crippen LogP contribution in [0.4, 0.5) is 0 Å². The lowest BCUT2D eigenvalue weighted by Gasteiger charge is -2.30. The van der Waals surface area contributed by atoms with Crippen LogP contribution in [0.5, 0.6) is 0 Å². The Bertz CT molecular complexity index is 332. The van der Waals surface area contributed by atoms with Crippen molar-refractivity contribution in [3.8, 4) is 0 Å². The Morgan fingerprint density at radius 2 is 2.18 bits per heavy atom. The summed E-state index contributed by atoms with van der Waals surface area (Å²) in [5.74, 6) is 1.05. The van der Waals surface area contributed by atoms with Crippen molar-refractivity contribution in [3.05, 3.63) is 23.7 Å². The maximum absolute atomic E-state index is 5.57. The van der Waals surface area contributed by atoms with Crippen LogP contribution in [0.1, 0.15) is 24.2 Å². The summed E-state index contributed by atoms with van der Waals surface area (Å²) in [6.45, 7) is 3.52. The predicted octanol–water partition coefficient (Wildman–Crippen LogP) is 1.61. The van der Waals surface area contributed by atoms with E-state index in [9.17, 15) is 0 Å². The minimum atomic E-state index is 0.626. The summed E-state index contributed by atoms with van der Waals surface area (Å²) in [4.78, 5) is 2.37. The van der Waals surface area contributed by atoms with Gasteiger partial charge in [-0.1, -0.05) is 0 Å². The maximum Gasteiger partial charge on any atom is 0.118 e. The van der Waals surface area contributed by atoms with Gasteiger partial charge >= 0.3 is 0 Å². The third kappa shape index (κ3) is 3.56. The summed E-state index contributed by atoms with van der Waals surface area (Å²) in [6.07, 6.45) is 4.09. The smallest absolute Gasteiger partial charge is 0.118 e. The van der Waals surface area contributed by atoms with E-state index in [2.05, 4.69) is 23.3 Å². The van der Waals surface area contributed by atoms with Crippen LogP contribution in [0, 0.1) is 0 Å². The molecule has 4 heteroatoms. The maximum atomic E-state index is 5.57. The van der Waals surface area contributed by atoms with Gasteiger partial charge < -0.3 is 14.5 Å². The third-order valence-corrected chi connectivity index (χ3v) is 3.31. The molecule has 1 saturated heterocycles. The molecule has 0 unspecified atom stereocenters. The molecular weight excluding hydrogens is 216 g/mol. The number of furan rings is 1. The van der Waals surface area contributed by atoms with Crippen LogP contribution >= 0.6 is 0 Å². The number of ether oxygens (including phenoxy) is 1. The van der Waals surface area contributed by atoms with E-state index >= 15 is 0 Å². The monoisotopic (exact) mass is 238 g/mol. The van der Waals surface area contributed by atoms with Crippen molar-refractivity contribution in [3.63, 3.8) is 0 Å². The molecular formula is C13H22N2O2. The highest BCUT2D eigenvalue weighted by Gasteiger charge is 2.19. The van der Waals surface area contributed by atoms with Gasteiger partial charge in [0.05, 0.1) is 12.8 Å². The van der Waals surface area contributed by atoms with Crippen LogP contribution in [0.25, 0.3) is 0 Å². The van der Waals surface area contributed by atoms with Crippen LogP contribution in [-0.4, -0.2) is 38.3 Å². The summed E-state index contributed by atoms with van der Waals surface area (Å²) < 4.78 is 10.9. The number of nitrogens with zero attached hydrogens (tertiary/aromatic N) is 1. The molecule has 0 aromatic carbocycles. The van der Waals surface area contributed by atoms with E-state index < -0.39 is 0 Å². The fraction of sp³-hybridized carbons (Fsp3) is 0.692. The SMILES string of the molecule is CNCc1coc(CN(C)C2CCOCC2)c1. The fourth-order valence-electron chi connectivity index (χ4n) is 2.31. The summed E-state index contributed by atoms with van der Waals surface area (Å²) in [5.41, 5.74) is 1.21. The molecule has 1 aliphatic rings. The average Bonchev–Trinajstić information content (AvgIpc) is 2.78. The fourth-order valence-corrected chi connectivity index (χ4v) is 2.31. The molecule has 0 atom stereocenters. The molecule has 0 aliphatic carbocycles. The number of nitrogens with one attached hydrogen (secondary N) is 1. The average molecular weight is 238 g/mol. The second-order valence-corrected chi connectivity index (χ2v) is 4.71. The Labute approximate surface area is 103 Å². The zero-order valence-electron chi connectivity index (χ0n) is 10.7. The van der Waals surface area contributed by atoms with E-state index in [4.69, 9.17) is 9.15 Å². The van der Waals surface area contributed by atoms with Crippen molar-refractivity contribution in [1.29, 1.82) is 0 Å². The van der Waals surface area contributed by atoms with Gasteiger partial charge in [0.15, 0.2) is 0 Å². The molecule has 0 radical (unpaired) electrons. The molecule has 96 valence electrons. The zero-order valence-corrected chi connectivity index (χ0v) is 10.7. The van der Waals surface area contributed by atoms with Gasteiger partial charge in [-0.2, -0.15) is 0 Å². The molecule has 1 aromatic rings. The van der Waals surface area contributed by atoms with Gasteiger partial charge in [-0.3, -0.25) is 4.90 Å². The second kappa shape index (κ2) is 6.19. The van der Waals surface area contributed by atoms with E-state index in [0.29, 0.717) is 6.04 Å². The molecule has 1 aromatic heterocycles. The Morgan fingerprint density at radius 3 is 2.88 bits per heavy atom. The van der Waals surface area contributed by atoms with Crippen LogP contribution in [0.15, 0.2) is 16.7 Å². The van der Waals surface area contributed by atoms with Crippen molar-refractivity contribution < 1.29 is 9.15 Å². The van der Waals surface area contributed by atoms with Crippen LogP contribution in [-0.2, 0) is 17.8 Å². The number of rotatable bonds is 5. The first-order valence-electron chi connectivity index (χ1n) is 6.28. The Morgan fingerprint density at radius 1 is 1.41 bits per heavy atom. The molecule has 2 rings (SSSR count). The van der Waals surface area contributed by atoms with Gasteiger partial charge in [0.2, 0.25) is 0 Å². The van der Waals surface area contributed by atoms with Gasteiger partial charge in [-0.05, 0) is 33.0 Å².